The Balaban J connectivity index is 4.20. The fourth-order valence-electron chi connectivity index (χ4n) is 0.271. The summed E-state index contributed by atoms with van der Waals surface area (Å²) in [5.74, 6) is -4.64. The van der Waals surface area contributed by atoms with Crippen LogP contribution in [-0.4, -0.2) is 35.2 Å². The van der Waals surface area contributed by atoms with E-state index in [-0.39, 0.29) is 0 Å². The minimum absolute atomic E-state index is 1.37. The molecule has 0 aromatic heterocycles. The van der Waals surface area contributed by atoms with Gasteiger partial charge in [-0.3, -0.25) is 10.0 Å². The number of hydrogen-bond donors (Lipinski definition) is 1. The molecule has 5 nitrogen and oxygen atoms in total. The van der Waals surface area contributed by atoms with Gasteiger partial charge in [-0.1, -0.05) is 0 Å². The number of carbonyl (C=O) groups excluding carboxylic acids is 2. The average Bonchev–Trinajstić information content (AvgIpc) is 2.01. The maximum absolute atomic E-state index is 11.4. The number of rotatable bonds is 1. The summed E-state index contributed by atoms with van der Waals surface area (Å²) in [4.78, 5) is 23.1. The van der Waals surface area contributed by atoms with Crippen LogP contribution in [0.3, 0.4) is 0 Å². The molecule has 0 spiro atoms. The zero-order valence-corrected chi connectivity index (χ0v) is 5.84. The zero-order chi connectivity index (χ0) is 10.6. The van der Waals surface area contributed by atoms with Crippen LogP contribution in [0.2, 0.25) is 0 Å². The summed E-state index contributed by atoms with van der Waals surface area (Å²) >= 11 is 0. The third-order valence-corrected chi connectivity index (χ3v) is 0.714. The van der Waals surface area contributed by atoms with Crippen LogP contribution < -0.4 is 0 Å². The van der Waals surface area contributed by atoms with Crippen molar-refractivity contribution in [1.29, 1.82) is 0 Å². The molecule has 0 radical (unpaired) electrons. The quantitative estimate of drug-likeness (QED) is 0.377. The average molecular weight is 205 g/mol. The molecule has 0 aromatic rings. The lowest BCUT2D eigenvalue weighted by molar-refractivity contribution is -0.316. The normalized spacial score (nSPS) is 10.8. The lowest BCUT2D eigenvalue weighted by atomic mass is 10.6. The van der Waals surface area contributed by atoms with E-state index < -0.39 is 30.0 Å². The summed E-state index contributed by atoms with van der Waals surface area (Å²) in [5, 5.41) is 6.74. The molecule has 76 valence electrons. The molecule has 0 heterocycles. The lowest BCUT2D eigenvalue weighted by Gasteiger charge is -2.13. The molecular weight excluding hydrogens is 202 g/mol. The lowest BCUT2D eigenvalue weighted by Crippen LogP contribution is -2.40. The predicted molar refractivity (Wildman–Crippen MR) is 26.8 cm³/mol. The van der Waals surface area contributed by atoms with E-state index in [1.165, 1.54) is 0 Å². The van der Waals surface area contributed by atoms with Gasteiger partial charge in [-0.2, -0.15) is 13.2 Å². The topological polar surface area (TPSA) is 66.8 Å². The number of halogens is 4. The van der Waals surface area contributed by atoms with E-state index in [9.17, 15) is 27.2 Å². The molecule has 0 atom stereocenters. The number of alkyl halides is 4. The fraction of sp³-hybridized carbons (Fsp3) is 0.500. The molecule has 13 heavy (non-hydrogen) atoms. The Morgan fingerprint density at radius 1 is 1.38 bits per heavy atom. The standard InChI is InChI=1S/C4H3F4NO4/c5-1-2(10)13-9(12)3(11)4(6,7)8/h12H,1H2. The van der Waals surface area contributed by atoms with Crippen LogP contribution in [0, 0.1) is 0 Å². The van der Waals surface area contributed by atoms with Crippen LogP contribution in [0.1, 0.15) is 0 Å². The second kappa shape index (κ2) is 4.03. The van der Waals surface area contributed by atoms with Gasteiger partial charge >= 0.3 is 18.1 Å². The van der Waals surface area contributed by atoms with Crippen LogP contribution >= 0.6 is 0 Å². The highest BCUT2D eigenvalue weighted by molar-refractivity contribution is 5.81. The van der Waals surface area contributed by atoms with E-state index in [2.05, 4.69) is 4.84 Å². The first-order valence-corrected chi connectivity index (χ1v) is 2.66. The second-order valence-electron chi connectivity index (χ2n) is 1.67. The van der Waals surface area contributed by atoms with Crippen LogP contribution in [-0.2, 0) is 14.4 Å². The molecule has 0 unspecified atom stereocenters. The van der Waals surface area contributed by atoms with Crippen molar-refractivity contribution in [3.8, 4) is 0 Å². The van der Waals surface area contributed by atoms with Gasteiger partial charge in [0.15, 0.2) is 6.67 Å². The van der Waals surface area contributed by atoms with Gasteiger partial charge in [-0.25, -0.2) is 9.18 Å². The van der Waals surface area contributed by atoms with Gasteiger partial charge < -0.3 is 4.84 Å². The van der Waals surface area contributed by atoms with Crippen LogP contribution in [0.15, 0.2) is 0 Å². The van der Waals surface area contributed by atoms with Crippen LogP contribution in [0.4, 0.5) is 17.6 Å². The molecule has 0 saturated heterocycles. The number of nitrogens with zero attached hydrogens (tertiary/aromatic N) is 1. The molecular formula is C4H3F4NO4. The molecule has 0 aliphatic rings. The molecule has 1 N–H and O–H groups in total. The summed E-state index contributed by atoms with van der Waals surface area (Å²) in [6.07, 6.45) is -5.40. The molecule has 0 aromatic carbocycles. The van der Waals surface area contributed by atoms with Gasteiger partial charge in [0.25, 0.3) is 0 Å². The van der Waals surface area contributed by atoms with Crippen molar-refractivity contribution in [3.63, 3.8) is 0 Å². The van der Waals surface area contributed by atoms with Crippen molar-refractivity contribution in [2.45, 2.75) is 6.18 Å². The van der Waals surface area contributed by atoms with Crippen LogP contribution in [0.25, 0.3) is 0 Å². The van der Waals surface area contributed by atoms with Gasteiger partial charge in [0.2, 0.25) is 0 Å². The Hall–Kier alpha value is -1.38. The summed E-state index contributed by atoms with van der Waals surface area (Å²) in [5.41, 5.74) is 0. The summed E-state index contributed by atoms with van der Waals surface area (Å²) < 4.78 is 45.6. The molecule has 0 fully saturated rings. The maximum atomic E-state index is 11.4. The highest BCUT2D eigenvalue weighted by Crippen LogP contribution is 2.17. The Kier molecular flexibility index (Phi) is 3.60. The Bertz CT molecular complexity index is 215. The number of hydroxylamine groups is 2. The number of carbonyl (C=O) groups is 2. The van der Waals surface area contributed by atoms with E-state index in [0.717, 1.165) is 0 Å². The molecule has 0 bridgehead atoms. The second-order valence-corrected chi connectivity index (χ2v) is 1.67. The van der Waals surface area contributed by atoms with Crippen molar-refractivity contribution >= 4 is 11.9 Å². The summed E-state index contributed by atoms with van der Waals surface area (Å²) in [6, 6.07) is 0. The molecule has 0 rings (SSSR count). The van der Waals surface area contributed by atoms with E-state index in [1.54, 1.807) is 0 Å². The van der Waals surface area contributed by atoms with E-state index in [4.69, 9.17) is 5.21 Å². The highest BCUT2D eigenvalue weighted by Gasteiger charge is 2.44. The van der Waals surface area contributed by atoms with E-state index in [1.807, 2.05) is 0 Å². The predicted octanol–water partition coefficient (Wildman–Crippen LogP) is 0.194. The zero-order valence-electron chi connectivity index (χ0n) is 5.84. The summed E-state index contributed by atoms with van der Waals surface area (Å²) in [7, 11) is 0. The van der Waals surface area contributed by atoms with Crippen molar-refractivity contribution in [2.75, 3.05) is 6.67 Å². The SMILES string of the molecule is O=C(CF)ON(O)C(=O)C(F)(F)F. The van der Waals surface area contributed by atoms with Gasteiger partial charge in [0, 0.05) is 0 Å². The first-order valence-electron chi connectivity index (χ1n) is 2.66. The van der Waals surface area contributed by atoms with Crippen LogP contribution in [0.5, 0.6) is 0 Å². The minimum Gasteiger partial charge on any atom is -0.309 e. The molecule has 0 aliphatic heterocycles. The highest BCUT2D eigenvalue weighted by atomic mass is 19.4. The number of amides is 1. The van der Waals surface area contributed by atoms with Gasteiger partial charge in [0.05, 0.1) is 0 Å². The Morgan fingerprint density at radius 2 is 1.85 bits per heavy atom. The largest absolute Gasteiger partial charge is 0.477 e. The van der Waals surface area contributed by atoms with Gasteiger partial charge in [-0.15, -0.1) is 0 Å². The van der Waals surface area contributed by atoms with E-state index >= 15 is 0 Å². The van der Waals surface area contributed by atoms with Crippen molar-refractivity contribution in [1.82, 2.24) is 5.23 Å². The maximum Gasteiger partial charge on any atom is 0.477 e. The molecule has 0 saturated carbocycles. The smallest absolute Gasteiger partial charge is 0.309 e. The Morgan fingerprint density at radius 3 is 2.15 bits per heavy atom. The first-order chi connectivity index (χ1) is 5.79. The Labute approximate surface area is 68.4 Å². The van der Waals surface area contributed by atoms with Crippen molar-refractivity contribution < 1.29 is 37.2 Å². The summed E-state index contributed by atoms with van der Waals surface area (Å²) in [6.45, 7) is -1.76. The monoisotopic (exact) mass is 205 g/mol. The third kappa shape index (κ3) is 3.69. The first kappa shape index (κ1) is 11.6. The molecule has 9 heteroatoms. The van der Waals surface area contributed by atoms with Crippen molar-refractivity contribution in [2.24, 2.45) is 0 Å². The fourth-order valence-corrected chi connectivity index (χ4v) is 0.271. The van der Waals surface area contributed by atoms with Crippen molar-refractivity contribution in [3.05, 3.63) is 0 Å². The van der Waals surface area contributed by atoms with Gasteiger partial charge in [-0.05, 0) is 5.23 Å². The van der Waals surface area contributed by atoms with Gasteiger partial charge in [0.1, 0.15) is 0 Å². The third-order valence-electron chi connectivity index (χ3n) is 0.714. The molecule has 1 amide bonds. The minimum atomic E-state index is -5.40. The molecule has 0 aliphatic carbocycles. The number of hydrogen-bond acceptors (Lipinski definition) is 4. The van der Waals surface area contributed by atoms with E-state index in [0.29, 0.717) is 0 Å².